The lowest BCUT2D eigenvalue weighted by Gasteiger charge is -2.28. The summed E-state index contributed by atoms with van der Waals surface area (Å²) < 4.78 is 52.6. The van der Waals surface area contributed by atoms with Gasteiger partial charge in [0.05, 0.1) is 23.3 Å². The zero-order valence-electron chi connectivity index (χ0n) is 18.5. The molecule has 1 aromatic carbocycles. The average molecular weight is 500 g/mol. The highest BCUT2D eigenvalue weighted by atomic mass is 32.2. The lowest BCUT2D eigenvalue weighted by atomic mass is 10.1. The van der Waals surface area contributed by atoms with Crippen LogP contribution in [0.3, 0.4) is 0 Å². The number of nitrogens with zero attached hydrogens (tertiary/aromatic N) is 3. The molecule has 0 aliphatic carbocycles. The maximum atomic E-state index is 13.6. The first-order valence-electron chi connectivity index (χ1n) is 10.3. The Morgan fingerprint density at radius 2 is 2.21 bits per heavy atom. The van der Waals surface area contributed by atoms with Gasteiger partial charge in [-0.2, -0.15) is 8.70 Å². The lowest BCUT2D eigenvalue weighted by molar-refractivity contribution is -0.134. The largest absolute Gasteiger partial charge is 0.476 e. The molecule has 0 unspecified atom stereocenters. The van der Waals surface area contributed by atoms with Gasteiger partial charge in [0.2, 0.25) is 21.7 Å². The van der Waals surface area contributed by atoms with Crippen molar-refractivity contribution in [3.05, 3.63) is 42.6 Å². The molecule has 0 amide bonds. The Bertz CT molecular complexity index is 1120. The lowest BCUT2D eigenvalue weighted by Crippen LogP contribution is -2.41. The Hall–Kier alpha value is -2.57. The van der Waals surface area contributed by atoms with E-state index in [4.69, 9.17) is 14.3 Å². The van der Waals surface area contributed by atoms with Crippen molar-refractivity contribution < 1.29 is 31.9 Å². The van der Waals surface area contributed by atoms with E-state index < -0.39 is 21.8 Å². The van der Waals surface area contributed by atoms with Crippen LogP contribution in [0.5, 0.6) is 5.75 Å². The third-order valence-electron chi connectivity index (χ3n) is 5.38. The summed E-state index contributed by atoms with van der Waals surface area (Å²) in [5.41, 5.74) is 0.443. The molecule has 2 heterocycles. The molecule has 9 nitrogen and oxygen atoms in total. The molecule has 1 atom stereocenters. The SMILES string of the molecule is CCCC[C@@H]1CN(Cc2ncco2)c2cc(SC)c(O/C=C(\F)C(=O)O)cc2S(=O)(=O)N1C. The monoisotopic (exact) mass is 499 g/mol. The molecule has 0 fully saturated rings. The highest BCUT2D eigenvalue weighted by Crippen LogP contribution is 2.41. The average Bonchev–Trinajstić information content (AvgIpc) is 3.29. The number of rotatable bonds is 9. The minimum atomic E-state index is -3.93. The summed E-state index contributed by atoms with van der Waals surface area (Å²) in [6.45, 7) is 2.73. The quantitative estimate of drug-likeness (QED) is 0.312. The Kier molecular flexibility index (Phi) is 8.03. The zero-order chi connectivity index (χ0) is 24.2. The molecule has 1 aromatic heterocycles. The number of ether oxygens (including phenoxy) is 1. The molecule has 1 N–H and O–H groups in total. The third kappa shape index (κ3) is 5.50. The van der Waals surface area contributed by atoms with Crippen LogP contribution >= 0.6 is 11.8 Å². The van der Waals surface area contributed by atoms with Gasteiger partial charge in [-0.15, -0.1) is 11.8 Å². The van der Waals surface area contributed by atoms with Crippen molar-refractivity contribution in [2.45, 2.75) is 48.6 Å². The van der Waals surface area contributed by atoms with Gasteiger partial charge in [0.15, 0.2) is 0 Å². The van der Waals surface area contributed by atoms with Gasteiger partial charge in [-0.1, -0.05) is 19.8 Å². The van der Waals surface area contributed by atoms with E-state index in [0.29, 0.717) is 35.7 Å². The summed E-state index contributed by atoms with van der Waals surface area (Å²) in [6, 6.07) is 2.67. The molecule has 2 aromatic rings. The molecule has 3 rings (SSSR count). The molecule has 0 saturated carbocycles. The third-order valence-corrected chi connectivity index (χ3v) is 8.08. The molecule has 33 heavy (non-hydrogen) atoms. The maximum Gasteiger partial charge on any atom is 0.368 e. The molecule has 180 valence electrons. The van der Waals surface area contributed by atoms with Crippen molar-refractivity contribution >= 4 is 33.4 Å². The normalized spacial score (nSPS) is 18.6. The van der Waals surface area contributed by atoms with Gasteiger partial charge < -0.3 is 19.2 Å². The second kappa shape index (κ2) is 10.6. The standard InChI is InChI=1S/C21H26FN3O6S2/c1-4-5-6-14-11-25(12-20-23-7-8-30-20)16-9-18(32-3)17(31-13-15(22)21(26)27)10-19(16)33(28,29)24(14)2/h7-10,13-14H,4-6,11-12H2,1-3H3,(H,26,27)/b15-13-/t14-/m1/s1. The van der Waals surface area contributed by atoms with Crippen LogP contribution in [0, 0.1) is 0 Å². The van der Waals surface area contributed by atoms with Crippen molar-refractivity contribution in [3.63, 3.8) is 0 Å². The van der Waals surface area contributed by atoms with Crippen LogP contribution in [0.15, 0.2) is 50.9 Å². The molecule has 0 radical (unpaired) electrons. The van der Waals surface area contributed by atoms with Gasteiger partial charge in [-0.3, -0.25) is 0 Å². The van der Waals surface area contributed by atoms with E-state index in [1.54, 1.807) is 19.4 Å². The minimum absolute atomic E-state index is 0.0208. The number of anilines is 1. The van der Waals surface area contributed by atoms with Gasteiger partial charge in [-0.05, 0) is 18.7 Å². The fourth-order valence-electron chi connectivity index (χ4n) is 3.58. The van der Waals surface area contributed by atoms with Crippen LogP contribution in [0.2, 0.25) is 0 Å². The molecule has 0 saturated heterocycles. The summed E-state index contributed by atoms with van der Waals surface area (Å²) >= 11 is 1.26. The van der Waals surface area contributed by atoms with Crippen molar-refractivity contribution in [1.29, 1.82) is 0 Å². The first-order chi connectivity index (χ1) is 15.7. The van der Waals surface area contributed by atoms with E-state index in [1.165, 1.54) is 34.6 Å². The van der Waals surface area contributed by atoms with Crippen LogP contribution in [-0.2, 0) is 21.4 Å². The van der Waals surface area contributed by atoms with Gasteiger partial charge >= 0.3 is 5.97 Å². The van der Waals surface area contributed by atoms with Gasteiger partial charge in [0, 0.05) is 25.7 Å². The summed E-state index contributed by atoms with van der Waals surface area (Å²) in [6.07, 6.45) is 7.65. The topological polar surface area (TPSA) is 113 Å². The van der Waals surface area contributed by atoms with Gasteiger partial charge in [0.25, 0.3) is 0 Å². The number of hydrogen-bond donors (Lipinski definition) is 1. The van der Waals surface area contributed by atoms with Crippen molar-refractivity contribution in [2.75, 3.05) is 24.7 Å². The van der Waals surface area contributed by atoms with Crippen molar-refractivity contribution in [2.24, 2.45) is 0 Å². The van der Waals surface area contributed by atoms with E-state index in [9.17, 15) is 17.6 Å². The fourth-order valence-corrected chi connectivity index (χ4v) is 5.70. The molecule has 12 heteroatoms. The number of benzene rings is 1. The van der Waals surface area contributed by atoms with E-state index in [-0.39, 0.29) is 23.2 Å². The van der Waals surface area contributed by atoms with Crippen LogP contribution in [0.4, 0.5) is 10.1 Å². The number of aromatic nitrogens is 1. The van der Waals surface area contributed by atoms with Crippen LogP contribution in [0.1, 0.15) is 32.1 Å². The summed E-state index contributed by atoms with van der Waals surface area (Å²) in [5, 5.41) is 8.74. The molecular weight excluding hydrogens is 473 g/mol. The number of oxazole rings is 1. The number of thioether (sulfide) groups is 1. The molecule has 0 spiro atoms. The number of carboxylic acids is 1. The predicted octanol–water partition coefficient (Wildman–Crippen LogP) is 3.87. The molecule has 1 aliphatic heterocycles. The number of likely N-dealkylation sites (N-methyl/N-ethyl adjacent to an activating group) is 1. The predicted molar refractivity (Wildman–Crippen MR) is 121 cm³/mol. The second-order valence-electron chi connectivity index (χ2n) is 7.48. The molecule has 1 aliphatic rings. The minimum Gasteiger partial charge on any atom is -0.476 e. The van der Waals surface area contributed by atoms with Crippen molar-refractivity contribution in [3.8, 4) is 5.75 Å². The van der Waals surface area contributed by atoms with Gasteiger partial charge in [0.1, 0.15) is 23.2 Å². The van der Waals surface area contributed by atoms with Crippen LogP contribution in [0.25, 0.3) is 0 Å². The number of carboxylic acid groups (broad SMARTS) is 1. The second-order valence-corrected chi connectivity index (χ2v) is 10.3. The highest BCUT2D eigenvalue weighted by Gasteiger charge is 2.37. The Balaban J connectivity index is 2.14. The Morgan fingerprint density at radius 1 is 1.45 bits per heavy atom. The molecule has 0 bridgehead atoms. The number of hydrogen-bond acceptors (Lipinski definition) is 8. The summed E-state index contributed by atoms with van der Waals surface area (Å²) in [7, 11) is -2.39. The Labute approximate surface area is 196 Å². The first-order valence-corrected chi connectivity index (χ1v) is 12.9. The number of carbonyl (C=O) groups is 1. The summed E-state index contributed by atoms with van der Waals surface area (Å²) in [5.74, 6) is -2.80. The number of unbranched alkanes of at least 4 members (excludes halogenated alkanes) is 1. The van der Waals surface area contributed by atoms with E-state index in [1.807, 2.05) is 11.8 Å². The van der Waals surface area contributed by atoms with E-state index in [2.05, 4.69) is 4.98 Å². The smallest absolute Gasteiger partial charge is 0.368 e. The van der Waals surface area contributed by atoms with Crippen molar-refractivity contribution in [1.82, 2.24) is 9.29 Å². The number of aliphatic carboxylic acids is 1. The highest BCUT2D eigenvalue weighted by molar-refractivity contribution is 7.98. The Morgan fingerprint density at radius 3 is 2.82 bits per heavy atom. The van der Waals surface area contributed by atoms with E-state index >= 15 is 0 Å². The maximum absolute atomic E-state index is 13.6. The number of sulfonamides is 1. The zero-order valence-corrected chi connectivity index (χ0v) is 20.2. The fraction of sp³-hybridized carbons (Fsp3) is 0.429. The van der Waals surface area contributed by atoms with Crippen LogP contribution in [-0.4, -0.2) is 54.7 Å². The molecular formula is C21H26FN3O6S2. The van der Waals surface area contributed by atoms with Crippen LogP contribution < -0.4 is 9.64 Å². The van der Waals surface area contributed by atoms with E-state index in [0.717, 1.165) is 12.8 Å². The summed E-state index contributed by atoms with van der Waals surface area (Å²) in [4.78, 5) is 17.3. The number of halogens is 1. The van der Waals surface area contributed by atoms with Gasteiger partial charge in [-0.25, -0.2) is 18.2 Å². The number of fused-ring (bicyclic) bond motifs is 1. The first kappa shape index (κ1) is 25.1.